The van der Waals surface area contributed by atoms with Gasteiger partial charge in [-0.1, -0.05) is 0 Å². The summed E-state index contributed by atoms with van der Waals surface area (Å²) in [6.07, 6.45) is 1.60. The molecular weight excluding hydrogens is 164 g/mol. The molecule has 0 atom stereocenters. The van der Waals surface area contributed by atoms with Gasteiger partial charge in [0.1, 0.15) is 0 Å². The van der Waals surface area contributed by atoms with Gasteiger partial charge in [0.2, 0.25) is 6.29 Å². The van der Waals surface area contributed by atoms with Crippen molar-refractivity contribution in [2.75, 3.05) is 11.5 Å². The minimum Gasteiger partial charge on any atom is -0.462 e. The number of hydrogen-bond donors (Lipinski definition) is 0. The molecule has 0 amide bonds. The Bertz CT molecular complexity index is 134. The van der Waals surface area contributed by atoms with Crippen LogP contribution in [0.5, 0.6) is 0 Å². The molecule has 0 fully saturated rings. The zero-order valence-electron chi connectivity index (χ0n) is 6.62. The third kappa shape index (κ3) is 7.39. The Kier molecular flexibility index (Phi) is 5.93. The molecule has 0 N–H and O–H groups in total. The van der Waals surface area contributed by atoms with E-state index in [9.17, 15) is 9.59 Å². The summed E-state index contributed by atoms with van der Waals surface area (Å²) in [5.74, 6) is 0.181. The number of hydrogen-bond acceptors (Lipinski definition) is 4. The average molecular weight is 175 g/mol. The molecular formula is C7H11O3S. The van der Waals surface area contributed by atoms with Crippen molar-refractivity contribution < 1.29 is 14.3 Å². The van der Waals surface area contributed by atoms with Crippen LogP contribution in [0, 0.1) is 0 Å². The average Bonchev–Trinajstić information content (AvgIpc) is 1.86. The van der Waals surface area contributed by atoms with E-state index in [4.69, 9.17) is 4.74 Å². The first kappa shape index (κ1) is 10.5. The van der Waals surface area contributed by atoms with E-state index < -0.39 is 0 Å². The Morgan fingerprint density at radius 2 is 2.27 bits per heavy atom. The normalized spacial score (nSPS) is 9.73. The van der Waals surface area contributed by atoms with E-state index >= 15 is 0 Å². The van der Waals surface area contributed by atoms with Gasteiger partial charge in [0.25, 0.3) is 0 Å². The van der Waals surface area contributed by atoms with Gasteiger partial charge in [-0.3, -0.25) is 9.59 Å². The summed E-state index contributed by atoms with van der Waals surface area (Å²) >= 11 is 1.21. The van der Waals surface area contributed by atoms with Crippen molar-refractivity contribution >= 4 is 24.0 Å². The molecule has 0 aliphatic heterocycles. The van der Waals surface area contributed by atoms with Crippen molar-refractivity contribution in [3.63, 3.8) is 0 Å². The van der Waals surface area contributed by atoms with E-state index in [0.29, 0.717) is 0 Å². The predicted octanol–water partition coefficient (Wildman–Crippen LogP) is 0.781. The van der Waals surface area contributed by atoms with Crippen molar-refractivity contribution in [3.05, 3.63) is 0 Å². The van der Waals surface area contributed by atoms with Gasteiger partial charge in [0.15, 0.2) is 0 Å². The second-order valence-electron chi connectivity index (χ2n) is 2.18. The Hall–Kier alpha value is -0.510. The van der Waals surface area contributed by atoms with E-state index in [1.807, 2.05) is 0 Å². The molecule has 1 radical (unpaired) electrons. The van der Waals surface area contributed by atoms with Crippen molar-refractivity contribution in [2.45, 2.75) is 20.0 Å². The number of rotatable bonds is 5. The van der Waals surface area contributed by atoms with E-state index in [2.05, 4.69) is 0 Å². The lowest BCUT2D eigenvalue weighted by Gasteiger charge is -2.05. The van der Waals surface area contributed by atoms with E-state index in [0.717, 1.165) is 0 Å². The standard InChI is InChI=1S/C7H11O3S/c1-6(2)10-7(9)5-11-4-3-8/h6H,4-5H2,1-2H3. The van der Waals surface area contributed by atoms with Crippen LogP contribution in [0.15, 0.2) is 0 Å². The maximum Gasteiger partial charge on any atom is 0.316 e. The molecule has 0 unspecified atom stereocenters. The summed E-state index contributed by atoms with van der Waals surface area (Å²) < 4.78 is 4.81. The fourth-order valence-electron chi connectivity index (χ4n) is 0.473. The molecule has 0 aliphatic carbocycles. The van der Waals surface area contributed by atoms with Crippen LogP contribution < -0.4 is 0 Å². The number of ether oxygens (including phenoxy) is 1. The Morgan fingerprint density at radius 1 is 1.64 bits per heavy atom. The van der Waals surface area contributed by atoms with Crippen LogP contribution in [0.4, 0.5) is 0 Å². The van der Waals surface area contributed by atoms with Gasteiger partial charge in [0, 0.05) is 0 Å². The number of carbonyl (C=O) groups excluding carboxylic acids is 2. The molecule has 0 aliphatic rings. The van der Waals surface area contributed by atoms with E-state index in [1.54, 1.807) is 20.1 Å². The molecule has 0 saturated heterocycles. The molecule has 0 spiro atoms. The Balaban J connectivity index is 3.30. The van der Waals surface area contributed by atoms with Crippen LogP contribution in [0.25, 0.3) is 0 Å². The highest BCUT2D eigenvalue weighted by atomic mass is 32.2. The van der Waals surface area contributed by atoms with Gasteiger partial charge in [-0.25, -0.2) is 0 Å². The van der Waals surface area contributed by atoms with Crippen molar-refractivity contribution in [1.29, 1.82) is 0 Å². The molecule has 0 saturated carbocycles. The molecule has 0 aromatic heterocycles. The highest BCUT2D eigenvalue weighted by Crippen LogP contribution is 1.99. The van der Waals surface area contributed by atoms with Crippen LogP contribution >= 0.6 is 11.8 Å². The number of carbonyl (C=O) groups is 1. The monoisotopic (exact) mass is 175 g/mol. The summed E-state index contributed by atoms with van der Waals surface area (Å²) in [6, 6.07) is 0. The third-order valence-corrected chi connectivity index (χ3v) is 1.51. The van der Waals surface area contributed by atoms with Crippen molar-refractivity contribution in [1.82, 2.24) is 0 Å². The zero-order chi connectivity index (χ0) is 8.69. The van der Waals surface area contributed by atoms with Gasteiger partial charge in [-0.2, -0.15) is 0 Å². The molecule has 0 aromatic carbocycles. The highest BCUT2D eigenvalue weighted by molar-refractivity contribution is 8.00. The minimum atomic E-state index is -0.278. The molecule has 0 bridgehead atoms. The molecule has 0 rings (SSSR count). The second-order valence-corrected chi connectivity index (χ2v) is 3.16. The molecule has 4 heteroatoms. The topological polar surface area (TPSA) is 43.4 Å². The summed E-state index contributed by atoms with van der Waals surface area (Å²) in [6.45, 7) is 3.57. The summed E-state index contributed by atoms with van der Waals surface area (Å²) in [4.78, 5) is 20.5. The van der Waals surface area contributed by atoms with Crippen molar-refractivity contribution in [3.8, 4) is 0 Å². The summed E-state index contributed by atoms with van der Waals surface area (Å²) in [5, 5.41) is 0. The van der Waals surface area contributed by atoms with Gasteiger partial charge in [0.05, 0.1) is 17.6 Å². The lowest BCUT2D eigenvalue weighted by molar-refractivity contribution is -0.144. The fourth-order valence-corrected chi connectivity index (χ4v) is 0.893. The van der Waals surface area contributed by atoms with Crippen LogP contribution in [-0.2, 0) is 14.3 Å². The largest absolute Gasteiger partial charge is 0.462 e. The maximum absolute atomic E-state index is 10.8. The Morgan fingerprint density at radius 3 is 2.73 bits per heavy atom. The van der Waals surface area contributed by atoms with Gasteiger partial charge >= 0.3 is 5.97 Å². The quantitative estimate of drug-likeness (QED) is 0.457. The van der Waals surface area contributed by atoms with E-state index in [-0.39, 0.29) is 23.6 Å². The van der Waals surface area contributed by atoms with Crippen LogP contribution in [0.1, 0.15) is 13.8 Å². The molecule has 63 valence electrons. The first-order valence-electron chi connectivity index (χ1n) is 3.29. The minimum absolute atomic E-state index is 0.0803. The Labute approximate surface area is 70.5 Å². The zero-order valence-corrected chi connectivity index (χ0v) is 7.44. The lowest BCUT2D eigenvalue weighted by atomic mass is 10.5. The fraction of sp³-hybridized carbons (Fsp3) is 0.714. The van der Waals surface area contributed by atoms with Crippen LogP contribution in [-0.4, -0.2) is 29.9 Å². The first-order chi connectivity index (χ1) is 5.16. The predicted molar refractivity (Wildman–Crippen MR) is 44.2 cm³/mol. The first-order valence-corrected chi connectivity index (χ1v) is 4.44. The van der Waals surface area contributed by atoms with Crippen molar-refractivity contribution in [2.24, 2.45) is 0 Å². The van der Waals surface area contributed by atoms with Gasteiger partial charge in [-0.05, 0) is 13.8 Å². The highest BCUT2D eigenvalue weighted by Gasteiger charge is 2.04. The number of esters is 1. The smallest absolute Gasteiger partial charge is 0.316 e. The third-order valence-electron chi connectivity index (χ3n) is 0.748. The number of thioether (sulfide) groups is 1. The summed E-state index contributed by atoms with van der Waals surface area (Å²) in [7, 11) is 0. The molecule has 0 aromatic rings. The van der Waals surface area contributed by atoms with Crippen LogP contribution in [0.3, 0.4) is 0 Å². The second kappa shape index (κ2) is 6.22. The molecule has 3 nitrogen and oxygen atoms in total. The van der Waals surface area contributed by atoms with Crippen LogP contribution in [0.2, 0.25) is 0 Å². The van der Waals surface area contributed by atoms with E-state index in [1.165, 1.54) is 11.8 Å². The molecule has 11 heavy (non-hydrogen) atoms. The lowest BCUT2D eigenvalue weighted by Crippen LogP contribution is -2.13. The maximum atomic E-state index is 10.8. The van der Waals surface area contributed by atoms with Gasteiger partial charge in [-0.15, -0.1) is 11.8 Å². The van der Waals surface area contributed by atoms with Gasteiger partial charge < -0.3 is 4.74 Å². The molecule has 0 heterocycles. The SMILES string of the molecule is CC(C)OC(=O)CSC[C]=O. The summed E-state index contributed by atoms with van der Waals surface area (Å²) in [5.41, 5.74) is 0.